The van der Waals surface area contributed by atoms with E-state index in [-0.39, 0.29) is 30.5 Å². The van der Waals surface area contributed by atoms with Crippen molar-refractivity contribution in [2.45, 2.75) is 57.2 Å². The molecule has 184 valence electrons. The molecule has 0 unspecified atom stereocenters. The Hall–Kier alpha value is -2.36. The van der Waals surface area contributed by atoms with E-state index in [4.69, 9.17) is 5.73 Å². The molecule has 0 atom stereocenters. The van der Waals surface area contributed by atoms with Gasteiger partial charge in [0, 0.05) is 45.1 Å². The van der Waals surface area contributed by atoms with Gasteiger partial charge in [-0.05, 0) is 62.8 Å². The van der Waals surface area contributed by atoms with Gasteiger partial charge in [-0.15, -0.1) is 0 Å². The Morgan fingerprint density at radius 1 is 1.03 bits per heavy atom. The summed E-state index contributed by atoms with van der Waals surface area (Å²) in [5.74, 6) is -0.667. The summed E-state index contributed by atoms with van der Waals surface area (Å²) in [5.41, 5.74) is 4.25. The van der Waals surface area contributed by atoms with Gasteiger partial charge < -0.3 is 16.0 Å². The number of amides is 2. The summed E-state index contributed by atoms with van der Waals surface area (Å²) in [4.78, 5) is 26.6. The first-order valence-electron chi connectivity index (χ1n) is 11.5. The standard InChI is InChI=1S/C23H32F4N4O2/c24-19-6-3-17(23(25,26)27)15-20(19)31-13-11-30(12-14-31)10-9-16-1-4-18(5-2-16)29-22(33)8-7-21(28)32/h3,6,15-16,18H,1-2,4-5,7-14H2,(H2,28,32)(H,29,33)/t16-,18-. The van der Waals surface area contributed by atoms with Crippen molar-refractivity contribution in [1.82, 2.24) is 10.2 Å². The lowest BCUT2D eigenvalue weighted by molar-refractivity contribution is -0.137. The smallest absolute Gasteiger partial charge is 0.370 e. The lowest BCUT2D eigenvalue weighted by Crippen LogP contribution is -2.47. The highest BCUT2D eigenvalue weighted by atomic mass is 19.4. The molecule has 3 rings (SSSR count). The van der Waals surface area contributed by atoms with Gasteiger partial charge in [-0.1, -0.05) is 0 Å². The number of rotatable bonds is 8. The number of carbonyl (C=O) groups is 2. The first kappa shape index (κ1) is 25.3. The zero-order valence-corrected chi connectivity index (χ0v) is 18.7. The summed E-state index contributed by atoms with van der Waals surface area (Å²) in [7, 11) is 0. The molecule has 6 nitrogen and oxygen atoms in total. The van der Waals surface area contributed by atoms with E-state index in [1.165, 1.54) is 0 Å². The summed E-state index contributed by atoms with van der Waals surface area (Å²) >= 11 is 0. The Morgan fingerprint density at radius 3 is 2.30 bits per heavy atom. The zero-order valence-electron chi connectivity index (χ0n) is 18.7. The van der Waals surface area contributed by atoms with Crippen molar-refractivity contribution in [2.24, 2.45) is 11.7 Å². The molecule has 0 spiro atoms. The van der Waals surface area contributed by atoms with E-state index in [0.717, 1.165) is 56.8 Å². The van der Waals surface area contributed by atoms with Gasteiger partial charge in [-0.25, -0.2) is 4.39 Å². The third kappa shape index (κ3) is 7.58. The van der Waals surface area contributed by atoms with E-state index in [2.05, 4.69) is 10.2 Å². The number of carbonyl (C=O) groups excluding carboxylic acids is 2. The SMILES string of the molecule is NC(=O)CCC(=O)N[C@H]1CC[C@H](CCN2CCN(c3cc(C(F)(F)F)ccc3F)CC2)CC1. The maximum Gasteiger partial charge on any atom is 0.416 e. The normalized spacial score (nSPS) is 22.2. The van der Waals surface area contributed by atoms with Crippen LogP contribution in [-0.2, 0) is 15.8 Å². The van der Waals surface area contributed by atoms with Crippen molar-refractivity contribution >= 4 is 17.5 Å². The molecule has 2 fully saturated rings. The second-order valence-electron chi connectivity index (χ2n) is 9.03. The van der Waals surface area contributed by atoms with Crippen LogP contribution in [-0.4, -0.2) is 55.5 Å². The number of hydrogen-bond donors (Lipinski definition) is 2. The minimum Gasteiger partial charge on any atom is -0.370 e. The van der Waals surface area contributed by atoms with Crippen molar-refractivity contribution in [3.8, 4) is 0 Å². The summed E-state index contributed by atoms with van der Waals surface area (Å²) in [6, 6.07) is 2.71. The maximum atomic E-state index is 14.2. The summed E-state index contributed by atoms with van der Waals surface area (Å²) in [6.07, 6.45) is 0.605. The van der Waals surface area contributed by atoms with Gasteiger partial charge in [0.2, 0.25) is 11.8 Å². The molecular formula is C23H32F4N4O2. The van der Waals surface area contributed by atoms with Gasteiger partial charge in [0.15, 0.2) is 0 Å². The highest BCUT2D eigenvalue weighted by Crippen LogP contribution is 2.33. The number of piperazine rings is 1. The molecule has 1 heterocycles. The molecule has 2 aliphatic rings. The Balaban J connectivity index is 1.37. The molecule has 0 bridgehead atoms. The van der Waals surface area contributed by atoms with Crippen LogP contribution in [0.25, 0.3) is 0 Å². The molecule has 1 saturated carbocycles. The van der Waals surface area contributed by atoms with Gasteiger partial charge in [0.25, 0.3) is 0 Å². The van der Waals surface area contributed by atoms with Crippen LogP contribution in [0.5, 0.6) is 0 Å². The number of nitrogens with zero attached hydrogens (tertiary/aromatic N) is 2. The molecule has 10 heteroatoms. The molecule has 3 N–H and O–H groups in total. The molecule has 1 aliphatic heterocycles. The van der Waals surface area contributed by atoms with Crippen LogP contribution in [0, 0.1) is 11.7 Å². The molecule has 1 saturated heterocycles. The highest BCUT2D eigenvalue weighted by Gasteiger charge is 2.32. The Morgan fingerprint density at radius 2 is 1.70 bits per heavy atom. The molecular weight excluding hydrogens is 440 g/mol. The average Bonchev–Trinajstić information content (AvgIpc) is 2.77. The van der Waals surface area contributed by atoms with E-state index in [1.54, 1.807) is 4.90 Å². The minimum absolute atomic E-state index is 0.0145. The molecule has 1 aliphatic carbocycles. The zero-order chi connectivity index (χ0) is 24.0. The number of nitrogens with two attached hydrogens (primary N) is 1. The first-order valence-corrected chi connectivity index (χ1v) is 11.5. The van der Waals surface area contributed by atoms with E-state index in [0.29, 0.717) is 32.1 Å². The highest BCUT2D eigenvalue weighted by molar-refractivity contribution is 5.82. The minimum atomic E-state index is -4.49. The van der Waals surface area contributed by atoms with E-state index in [9.17, 15) is 27.2 Å². The Kier molecular flexibility index (Phi) is 8.56. The van der Waals surface area contributed by atoms with E-state index < -0.39 is 23.5 Å². The molecule has 33 heavy (non-hydrogen) atoms. The van der Waals surface area contributed by atoms with Crippen LogP contribution in [0.15, 0.2) is 18.2 Å². The van der Waals surface area contributed by atoms with Crippen molar-refractivity contribution in [3.63, 3.8) is 0 Å². The molecule has 1 aromatic carbocycles. The molecule has 0 aromatic heterocycles. The third-order valence-electron chi connectivity index (χ3n) is 6.65. The second kappa shape index (κ2) is 11.2. The van der Waals surface area contributed by atoms with E-state index in [1.807, 2.05) is 0 Å². The molecule has 0 radical (unpaired) electrons. The van der Waals surface area contributed by atoms with Gasteiger partial charge in [0.1, 0.15) is 5.82 Å². The molecule has 2 amide bonds. The van der Waals surface area contributed by atoms with Crippen LogP contribution in [0.1, 0.15) is 50.5 Å². The van der Waals surface area contributed by atoms with Gasteiger partial charge in [0.05, 0.1) is 11.3 Å². The monoisotopic (exact) mass is 472 g/mol. The number of benzene rings is 1. The fraction of sp³-hybridized carbons (Fsp3) is 0.652. The van der Waals surface area contributed by atoms with Crippen molar-refractivity contribution in [1.29, 1.82) is 0 Å². The number of hydrogen-bond acceptors (Lipinski definition) is 4. The van der Waals surface area contributed by atoms with Crippen molar-refractivity contribution in [2.75, 3.05) is 37.6 Å². The van der Waals surface area contributed by atoms with Gasteiger partial charge in [-0.2, -0.15) is 13.2 Å². The summed E-state index contributed by atoms with van der Waals surface area (Å²) in [5, 5.41) is 2.97. The number of alkyl halides is 3. The van der Waals surface area contributed by atoms with Gasteiger partial charge in [-0.3, -0.25) is 14.5 Å². The Labute approximate surface area is 191 Å². The summed E-state index contributed by atoms with van der Waals surface area (Å²) in [6.45, 7) is 3.24. The van der Waals surface area contributed by atoms with Crippen LogP contribution < -0.4 is 16.0 Å². The van der Waals surface area contributed by atoms with E-state index >= 15 is 0 Å². The topological polar surface area (TPSA) is 78.7 Å². The largest absolute Gasteiger partial charge is 0.416 e. The summed E-state index contributed by atoms with van der Waals surface area (Å²) < 4.78 is 53.1. The van der Waals surface area contributed by atoms with Crippen LogP contribution in [0.2, 0.25) is 0 Å². The van der Waals surface area contributed by atoms with Crippen LogP contribution in [0.4, 0.5) is 23.2 Å². The second-order valence-corrected chi connectivity index (χ2v) is 9.03. The fourth-order valence-corrected chi connectivity index (χ4v) is 4.64. The number of primary amides is 1. The lowest BCUT2D eigenvalue weighted by atomic mass is 9.84. The third-order valence-corrected chi connectivity index (χ3v) is 6.65. The maximum absolute atomic E-state index is 14.2. The molecule has 1 aromatic rings. The van der Waals surface area contributed by atoms with Crippen molar-refractivity contribution in [3.05, 3.63) is 29.6 Å². The van der Waals surface area contributed by atoms with Crippen LogP contribution >= 0.6 is 0 Å². The number of nitrogens with one attached hydrogen (secondary N) is 1. The number of anilines is 1. The average molecular weight is 473 g/mol. The fourth-order valence-electron chi connectivity index (χ4n) is 4.64. The number of halogens is 4. The van der Waals surface area contributed by atoms with Crippen molar-refractivity contribution < 1.29 is 27.2 Å². The predicted octanol–water partition coefficient (Wildman–Crippen LogP) is 3.30. The quantitative estimate of drug-likeness (QED) is 0.569. The Bertz CT molecular complexity index is 817. The van der Waals surface area contributed by atoms with Crippen LogP contribution in [0.3, 0.4) is 0 Å². The first-order chi connectivity index (χ1) is 15.6. The lowest BCUT2D eigenvalue weighted by Gasteiger charge is -2.37. The predicted molar refractivity (Wildman–Crippen MR) is 117 cm³/mol. The van der Waals surface area contributed by atoms with Gasteiger partial charge >= 0.3 is 6.18 Å².